The van der Waals surface area contributed by atoms with Gasteiger partial charge in [-0.2, -0.15) is 0 Å². The topological polar surface area (TPSA) is 30.7 Å². The van der Waals surface area contributed by atoms with Crippen LogP contribution in [0.4, 0.5) is 0 Å². The highest BCUT2D eigenvalue weighted by Gasteiger charge is 2.06. The van der Waals surface area contributed by atoms with Crippen molar-refractivity contribution in [3.63, 3.8) is 0 Å². The molecule has 0 saturated heterocycles. The van der Waals surface area contributed by atoms with Gasteiger partial charge in [0, 0.05) is 5.39 Å². The predicted octanol–water partition coefficient (Wildman–Crippen LogP) is 3.07. The van der Waals surface area contributed by atoms with Crippen molar-refractivity contribution >= 4 is 22.4 Å². The largest absolute Gasteiger partial charge is 0.272 e. The lowest BCUT2D eigenvalue weighted by Crippen LogP contribution is -1.93. The smallest absolute Gasteiger partial charge is 0.229 e. The van der Waals surface area contributed by atoms with Gasteiger partial charge in [-0.05, 0) is 23.1 Å². The van der Waals surface area contributed by atoms with Gasteiger partial charge in [0.1, 0.15) is 6.33 Å². The maximum Gasteiger partial charge on any atom is 0.229 e. The van der Waals surface area contributed by atoms with E-state index < -0.39 is 0 Å². The van der Waals surface area contributed by atoms with Gasteiger partial charge >= 0.3 is 0 Å². The van der Waals surface area contributed by atoms with Crippen LogP contribution in [-0.2, 0) is 0 Å². The summed E-state index contributed by atoms with van der Waals surface area (Å²) in [7, 11) is 0. The zero-order valence-electron chi connectivity index (χ0n) is 8.34. The Hall–Kier alpha value is -1.87. The molecule has 0 amide bonds. The molecule has 0 saturated carbocycles. The fourth-order valence-electron chi connectivity index (χ4n) is 1.80. The van der Waals surface area contributed by atoms with Crippen molar-refractivity contribution in [2.75, 3.05) is 0 Å². The van der Waals surface area contributed by atoms with Gasteiger partial charge in [-0.1, -0.05) is 36.4 Å². The van der Waals surface area contributed by atoms with Gasteiger partial charge in [-0.25, -0.2) is 0 Å². The van der Waals surface area contributed by atoms with Crippen LogP contribution >= 0.6 is 11.6 Å². The quantitative estimate of drug-likeness (QED) is 0.642. The Morgan fingerprint density at radius 3 is 2.62 bits per heavy atom. The Kier molecular flexibility index (Phi) is 2.11. The van der Waals surface area contributed by atoms with Crippen molar-refractivity contribution in [1.29, 1.82) is 0 Å². The number of benzene rings is 2. The highest BCUT2D eigenvalue weighted by Crippen LogP contribution is 2.23. The molecule has 78 valence electrons. The van der Waals surface area contributed by atoms with Gasteiger partial charge in [0.15, 0.2) is 0 Å². The summed E-state index contributed by atoms with van der Waals surface area (Å²) in [6, 6.07) is 14.2. The van der Waals surface area contributed by atoms with Gasteiger partial charge in [0.2, 0.25) is 5.28 Å². The molecular weight excluding hydrogens is 222 g/mol. The van der Waals surface area contributed by atoms with E-state index in [1.807, 2.05) is 24.3 Å². The molecular formula is C12H8ClN3. The van der Waals surface area contributed by atoms with Crippen LogP contribution in [0.1, 0.15) is 0 Å². The summed E-state index contributed by atoms with van der Waals surface area (Å²) in [6.07, 6.45) is 1.62. The molecule has 3 aromatic rings. The summed E-state index contributed by atoms with van der Waals surface area (Å²) in [5, 5.41) is 10.2. The second-order valence-corrected chi connectivity index (χ2v) is 3.81. The lowest BCUT2D eigenvalue weighted by molar-refractivity contribution is 1.07. The molecule has 0 aliphatic heterocycles. The lowest BCUT2D eigenvalue weighted by Gasteiger charge is -2.06. The first kappa shape index (κ1) is 9.36. The summed E-state index contributed by atoms with van der Waals surface area (Å²) in [6.45, 7) is 0. The second-order valence-electron chi connectivity index (χ2n) is 3.47. The number of fused-ring (bicyclic) bond motifs is 1. The fraction of sp³-hybridized carbons (Fsp3) is 0. The van der Waals surface area contributed by atoms with Crippen LogP contribution in [0, 0.1) is 0 Å². The predicted molar refractivity (Wildman–Crippen MR) is 63.9 cm³/mol. The molecule has 0 radical (unpaired) electrons. The van der Waals surface area contributed by atoms with E-state index in [0.29, 0.717) is 5.28 Å². The van der Waals surface area contributed by atoms with E-state index in [9.17, 15) is 0 Å². The fourth-order valence-corrected chi connectivity index (χ4v) is 1.98. The minimum atomic E-state index is 0.372. The molecule has 4 heteroatoms. The van der Waals surface area contributed by atoms with Crippen LogP contribution in [0.3, 0.4) is 0 Å². The standard InChI is InChI=1S/C12H8ClN3/c13-12-15-14-8-16(12)11-7-3-5-9-4-1-2-6-10(9)11/h1-8H. The van der Waals surface area contributed by atoms with Crippen molar-refractivity contribution in [3.05, 3.63) is 54.1 Å². The third kappa shape index (κ3) is 1.37. The molecule has 0 fully saturated rings. The maximum atomic E-state index is 5.96. The molecule has 1 heterocycles. The van der Waals surface area contributed by atoms with E-state index >= 15 is 0 Å². The van der Waals surface area contributed by atoms with Gasteiger partial charge < -0.3 is 0 Å². The summed E-state index contributed by atoms with van der Waals surface area (Å²) >= 11 is 5.96. The number of rotatable bonds is 1. The van der Waals surface area contributed by atoms with Crippen LogP contribution in [0.2, 0.25) is 5.28 Å². The highest BCUT2D eigenvalue weighted by molar-refractivity contribution is 6.28. The first-order chi connectivity index (χ1) is 7.86. The van der Waals surface area contributed by atoms with Crippen LogP contribution in [-0.4, -0.2) is 14.8 Å². The van der Waals surface area contributed by atoms with Gasteiger partial charge in [-0.3, -0.25) is 4.57 Å². The molecule has 3 nitrogen and oxygen atoms in total. The number of halogens is 1. The molecule has 3 rings (SSSR count). The van der Waals surface area contributed by atoms with Gasteiger partial charge in [0.05, 0.1) is 5.69 Å². The van der Waals surface area contributed by atoms with E-state index in [2.05, 4.69) is 28.4 Å². The van der Waals surface area contributed by atoms with E-state index in [4.69, 9.17) is 11.6 Å². The molecule has 0 aliphatic rings. The first-order valence-electron chi connectivity index (χ1n) is 4.90. The minimum Gasteiger partial charge on any atom is -0.272 e. The monoisotopic (exact) mass is 229 g/mol. The van der Waals surface area contributed by atoms with Crippen molar-refractivity contribution in [3.8, 4) is 5.69 Å². The summed E-state index contributed by atoms with van der Waals surface area (Å²) < 4.78 is 1.77. The molecule has 0 bridgehead atoms. The summed E-state index contributed by atoms with van der Waals surface area (Å²) in [5.41, 5.74) is 0.994. The average Bonchev–Trinajstić information content (AvgIpc) is 2.75. The second kappa shape index (κ2) is 3.61. The Morgan fingerprint density at radius 2 is 1.81 bits per heavy atom. The van der Waals surface area contributed by atoms with Gasteiger partial charge in [-0.15, -0.1) is 10.2 Å². The van der Waals surface area contributed by atoms with E-state index in [1.165, 1.54) is 5.39 Å². The zero-order valence-corrected chi connectivity index (χ0v) is 9.09. The number of aromatic nitrogens is 3. The third-order valence-corrected chi connectivity index (χ3v) is 2.79. The molecule has 0 aliphatic carbocycles. The third-order valence-electron chi connectivity index (χ3n) is 2.53. The van der Waals surface area contributed by atoms with Crippen LogP contribution in [0.15, 0.2) is 48.8 Å². The first-order valence-corrected chi connectivity index (χ1v) is 5.28. The van der Waals surface area contributed by atoms with E-state index in [1.54, 1.807) is 10.9 Å². The molecule has 16 heavy (non-hydrogen) atoms. The van der Waals surface area contributed by atoms with Gasteiger partial charge in [0.25, 0.3) is 0 Å². The zero-order chi connectivity index (χ0) is 11.0. The molecule has 0 N–H and O–H groups in total. The minimum absolute atomic E-state index is 0.372. The van der Waals surface area contributed by atoms with Crippen LogP contribution in [0.25, 0.3) is 16.5 Å². The normalized spacial score (nSPS) is 10.8. The van der Waals surface area contributed by atoms with Crippen molar-refractivity contribution in [2.24, 2.45) is 0 Å². The van der Waals surface area contributed by atoms with Crippen molar-refractivity contribution < 1.29 is 0 Å². The summed E-state index contributed by atoms with van der Waals surface area (Å²) in [4.78, 5) is 0. The molecule has 0 atom stereocenters. The van der Waals surface area contributed by atoms with E-state index in [-0.39, 0.29) is 0 Å². The maximum absolute atomic E-state index is 5.96. The van der Waals surface area contributed by atoms with Crippen LogP contribution < -0.4 is 0 Å². The average molecular weight is 230 g/mol. The lowest BCUT2D eigenvalue weighted by atomic mass is 10.1. The van der Waals surface area contributed by atoms with Crippen LogP contribution in [0.5, 0.6) is 0 Å². The highest BCUT2D eigenvalue weighted by atomic mass is 35.5. The Labute approximate surface area is 97.3 Å². The molecule has 2 aromatic carbocycles. The van der Waals surface area contributed by atoms with Crippen molar-refractivity contribution in [2.45, 2.75) is 0 Å². The number of hydrogen-bond donors (Lipinski definition) is 0. The SMILES string of the molecule is Clc1nncn1-c1cccc2ccccc12. The van der Waals surface area contributed by atoms with E-state index in [0.717, 1.165) is 11.1 Å². The van der Waals surface area contributed by atoms with Crippen molar-refractivity contribution in [1.82, 2.24) is 14.8 Å². The Balaban J connectivity index is 2.36. The molecule has 0 unspecified atom stereocenters. The summed E-state index contributed by atoms with van der Waals surface area (Å²) in [5.74, 6) is 0. The number of nitrogens with zero attached hydrogens (tertiary/aromatic N) is 3. The molecule has 0 spiro atoms. The Bertz CT molecular complexity index is 640. The molecule has 1 aromatic heterocycles. The number of hydrogen-bond acceptors (Lipinski definition) is 2. The Morgan fingerprint density at radius 1 is 1.00 bits per heavy atom.